The summed E-state index contributed by atoms with van der Waals surface area (Å²) in [5, 5.41) is 8.89. The Labute approximate surface area is 176 Å². The van der Waals surface area contributed by atoms with Crippen molar-refractivity contribution in [2.45, 2.75) is 31.1 Å². The summed E-state index contributed by atoms with van der Waals surface area (Å²) >= 11 is 1.35. The minimum absolute atomic E-state index is 0.0915. The fourth-order valence-electron chi connectivity index (χ4n) is 2.83. The summed E-state index contributed by atoms with van der Waals surface area (Å²) < 4.78 is 46.5. The lowest BCUT2D eigenvalue weighted by atomic mass is 10.1. The van der Waals surface area contributed by atoms with Crippen LogP contribution in [0.5, 0.6) is 5.75 Å². The van der Waals surface area contributed by atoms with Gasteiger partial charge in [-0.1, -0.05) is 17.8 Å². The number of nitrogens with zero attached hydrogens (tertiary/aromatic N) is 3. The molecule has 3 aromatic rings. The zero-order valence-electron chi connectivity index (χ0n) is 16.4. The SMILES string of the molecule is COc1ccc(-c2nnc(SCCCC(C)=O)n2-c2cccc(C(F)(F)F)c2)cc1. The molecule has 5 nitrogen and oxygen atoms in total. The minimum Gasteiger partial charge on any atom is -0.497 e. The van der Waals surface area contributed by atoms with Crippen molar-refractivity contribution in [1.82, 2.24) is 14.8 Å². The van der Waals surface area contributed by atoms with E-state index in [-0.39, 0.29) is 5.78 Å². The predicted molar refractivity (Wildman–Crippen MR) is 109 cm³/mol. The van der Waals surface area contributed by atoms with Gasteiger partial charge in [-0.3, -0.25) is 4.57 Å². The smallest absolute Gasteiger partial charge is 0.416 e. The van der Waals surface area contributed by atoms with Gasteiger partial charge in [0.2, 0.25) is 0 Å². The summed E-state index contributed by atoms with van der Waals surface area (Å²) in [6.45, 7) is 1.53. The van der Waals surface area contributed by atoms with E-state index in [4.69, 9.17) is 4.74 Å². The maximum atomic E-state index is 13.2. The van der Waals surface area contributed by atoms with E-state index in [1.54, 1.807) is 42.0 Å². The average Bonchev–Trinajstić information content (AvgIpc) is 3.14. The van der Waals surface area contributed by atoms with E-state index in [0.29, 0.717) is 46.6 Å². The fraction of sp³-hybridized carbons (Fsp3) is 0.286. The molecule has 3 rings (SSSR count). The second kappa shape index (κ2) is 9.34. The van der Waals surface area contributed by atoms with Crippen LogP contribution >= 0.6 is 11.8 Å². The molecule has 0 saturated carbocycles. The van der Waals surface area contributed by atoms with Crippen LogP contribution in [0.15, 0.2) is 53.7 Å². The molecule has 9 heteroatoms. The number of methoxy groups -OCH3 is 1. The van der Waals surface area contributed by atoms with Crippen molar-refractivity contribution >= 4 is 17.5 Å². The highest BCUT2D eigenvalue weighted by Crippen LogP contribution is 2.33. The number of thioether (sulfide) groups is 1. The number of benzene rings is 2. The number of carbonyl (C=O) groups is 1. The maximum Gasteiger partial charge on any atom is 0.416 e. The topological polar surface area (TPSA) is 57.0 Å². The molecule has 0 saturated heterocycles. The van der Waals surface area contributed by atoms with Crippen LogP contribution in [0.4, 0.5) is 13.2 Å². The lowest BCUT2D eigenvalue weighted by Crippen LogP contribution is -2.07. The number of carbonyl (C=O) groups excluding carboxylic acids is 1. The molecule has 158 valence electrons. The first-order valence-electron chi connectivity index (χ1n) is 9.19. The zero-order chi connectivity index (χ0) is 21.7. The van der Waals surface area contributed by atoms with E-state index in [9.17, 15) is 18.0 Å². The molecule has 0 aliphatic carbocycles. The summed E-state index contributed by atoms with van der Waals surface area (Å²) in [6, 6.07) is 12.1. The van der Waals surface area contributed by atoms with E-state index < -0.39 is 11.7 Å². The van der Waals surface area contributed by atoms with Crippen molar-refractivity contribution in [3.8, 4) is 22.8 Å². The number of hydrogen-bond acceptors (Lipinski definition) is 5. The van der Waals surface area contributed by atoms with Crippen molar-refractivity contribution in [3.63, 3.8) is 0 Å². The maximum absolute atomic E-state index is 13.2. The summed E-state index contributed by atoms with van der Waals surface area (Å²) in [6.07, 6.45) is -3.37. The van der Waals surface area contributed by atoms with Gasteiger partial charge in [-0.2, -0.15) is 13.2 Å². The first kappa shape index (κ1) is 21.9. The van der Waals surface area contributed by atoms with Crippen molar-refractivity contribution in [2.24, 2.45) is 0 Å². The highest BCUT2D eigenvalue weighted by atomic mass is 32.2. The molecular weight excluding hydrogens is 415 g/mol. The van der Waals surface area contributed by atoms with Gasteiger partial charge < -0.3 is 9.53 Å². The summed E-state index contributed by atoms with van der Waals surface area (Å²) in [5.74, 6) is 1.77. The molecule has 30 heavy (non-hydrogen) atoms. The molecule has 0 N–H and O–H groups in total. The Balaban J connectivity index is 2.02. The van der Waals surface area contributed by atoms with Crippen molar-refractivity contribution in [2.75, 3.05) is 12.9 Å². The summed E-state index contributed by atoms with van der Waals surface area (Å²) in [7, 11) is 1.55. The molecule has 0 spiro atoms. The number of halogens is 3. The van der Waals surface area contributed by atoms with Crippen LogP contribution in [0.3, 0.4) is 0 Å². The standard InChI is InChI=1S/C21H20F3N3O2S/c1-14(28)5-4-12-30-20-26-25-19(15-8-10-18(29-2)11-9-15)27(20)17-7-3-6-16(13-17)21(22,23)24/h3,6-11,13H,4-5,12H2,1-2H3. The van der Waals surface area contributed by atoms with Gasteiger partial charge in [-0.05, 0) is 55.8 Å². The molecule has 0 aliphatic rings. The first-order chi connectivity index (χ1) is 14.3. The van der Waals surface area contributed by atoms with Gasteiger partial charge in [-0.25, -0.2) is 0 Å². The normalized spacial score (nSPS) is 11.5. The van der Waals surface area contributed by atoms with Gasteiger partial charge in [0.25, 0.3) is 0 Å². The van der Waals surface area contributed by atoms with Crippen molar-refractivity contribution in [1.29, 1.82) is 0 Å². The molecule has 0 atom stereocenters. The van der Waals surface area contributed by atoms with E-state index >= 15 is 0 Å². The van der Waals surface area contributed by atoms with Gasteiger partial charge in [0.15, 0.2) is 11.0 Å². The molecule has 0 aliphatic heterocycles. The van der Waals surface area contributed by atoms with Crippen LogP contribution < -0.4 is 4.74 Å². The summed E-state index contributed by atoms with van der Waals surface area (Å²) in [4.78, 5) is 11.2. The number of hydrogen-bond donors (Lipinski definition) is 0. The van der Waals surface area contributed by atoms with Crippen LogP contribution in [0.25, 0.3) is 17.1 Å². The number of alkyl halides is 3. The van der Waals surface area contributed by atoms with Gasteiger partial charge in [0.05, 0.1) is 18.4 Å². The van der Waals surface area contributed by atoms with E-state index in [0.717, 1.165) is 12.1 Å². The molecule has 2 aromatic carbocycles. The Kier molecular flexibility index (Phi) is 6.81. The molecule has 0 unspecified atom stereocenters. The third-order valence-corrected chi connectivity index (χ3v) is 5.33. The Morgan fingerprint density at radius 1 is 1.13 bits per heavy atom. The first-order valence-corrected chi connectivity index (χ1v) is 10.2. The second-order valence-corrected chi connectivity index (χ2v) is 7.63. The third-order valence-electron chi connectivity index (χ3n) is 4.32. The minimum atomic E-state index is -4.46. The Hall–Kier alpha value is -2.81. The van der Waals surface area contributed by atoms with Crippen LogP contribution in [0.1, 0.15) is 25.3 Å². The predicted octanol–water partition coefficient (Wildman–Crippen LogP) is 5.42. The zero-order valence-corrected chi connectivity index (χ0v) is 17.3. The Morgan fingerprint density at radius 2 is 1.87 bits per heavy atom. The number of rotatable bonds is 8. The van der Waals surface area contributed by atoms with Crippen molar-refractivity contribution in [3.05, 3.63) is 54.1 Å². The van der Waals surface area contributed by atoms with E-state index in [1.807, 2.05) is 0 Å². The fourth-order valence-corrected chi connectivity index (χ4v) is 3.72. The molecule has 0 fully saturated rings. The molecule has 1 heterocycles. The number of ketones is 1. The molecule has 0 bridgehead atoms. The molecule has 0 amide bonds. The van der Waals surface area contributed by atoms with E-state index in [1.165, 1.54) is 24.8 Å². The number of aromatic nitrogens is 3. The van der Waals surface area contributed by atoms with Gasteiger partial charge in [0, 0.05) is 17.7 Å². The van der Waals surface area contributed by atoms with Crippen LogP contribution in [-0.4, -0.2) is 33.4 Å². The summed E-state index contributed by atoms with van der Waals surface area (Å²) in [5.41, 5.74) is 0.257. The van der Waals surface area contributed by atoms with Gasteiger partial charge in [0.1, 0.15) is 11.5 Å². The Bertz CT molecular complexity index is 1020. The molecular formula is C21H20F3N3O2S. The van der Waals surface area contributed by atoms with Crippen molar-refractivity contribution < 1.29 is 22.7 Å². The molecule has 1 aromatic heterocycles. The van der Waals surface area contributed by atoms with Crippen LogP contribution in [0, 0.1) is 0 Å². The van der Waals surface area contributed by atoms with Crippen LogP contribution in [-0.2, 0) is 11.0 Å². The van der Waals surface area contributed by atoms with Gasteiger partial charge >= 0.3 is 6.18 Å². The Morgan fingerprint density at radius 3 is 2.50 bits per heavy atom. The van der Waals surface area contributed by atoms with E-state index in [2.05, 4.69) is 10.2 Å². The number of Topliss-reactive ketones (excluding diaryl/α,β-unsaturated/α-hetero) is 1. The second-order valence-electron chi connectivity index (χ2n) is 6.57. The third kappa shape index (κ3) is 5.21. The lowest BCUT2D eigenvalue weighted by molar-refractivity contribution is -0.137. The average molecular weight is 435 g/mol. The monoisotopic (exact) mass is 435 g/mol. The van der Waals surface area contributed by atoms with Crippen LogP contribution in [0.2, 0.25) is 0 Å². The quantitative estimate of drug-likeness (QED) is 0.349. The largest absolute Gasteiger partial charge is 0.497 e. The number of ether oxygens (including phenoxy) is 1. The lowest BCUT2D eigenvalue weighted by Gasteiger charge is -2.13. The highest BCUT2D eigenvalue weighted by Gasteiger charge is 2.31. The van der Waals surface area contributed by atoms with Gasteiger partial charge in [-0.15, -0.1) is 10.2 Å². The molecule has 0 radical (unpaired) electrons. The highest BCUT2D eigenvalue weighted by molar-refractivity contribution is 7.99.